The highest BCUT2D eigenvalue weighted by Crippen LogP contribution is 2.31. The van der Waals surface area contributed by atoms with Crippen LogP contribution in [0, 0.1) is 11.8 Å². The third-order valence-electron chi connectivity index (χ3n) is 5.07. The topological polar surface area (TPSA) is 44.6 Å². The smallest absolute Gasteiger partial charge is 0.272 e. The fourth-order valence-corrected chi connectivity index (χ4v) is 3.68. The first-order valence-electron chi connectivity index (χ1n) is 8.17. The Bertz CT molecular complexity index is 526. The second-order valence-corrected chi connectivity index (χ2v) is 7.01. The first kappa shape index (κ1) is 15.5. The first-order valence-corrected chi connectivity index (χ1v) is 8.17. The molecule has 2 fully saturated rings. The van der Waals surface area contributed by atoms with E-state index in [4.69, 9.17) is 0 Å². The molecule has 0 N–H and O–H groups in total. The second-order valence-electron chi connectivity index (χ2n) is 7.01. The lowest BCUT2D eigenvalue weighted by molar-refractivity contribution is 0.0774. The molecule has 122 valence electrons. The largest absolute Gasteiger partial charge is 0.337 e. The van der Waals surface area contributed by atoms with Crippen molar-refractivity contribution in [3.8, 4) is 0 Å². The van der Waals surface area contributed by atoms with Crippen molar-refractivity contribution in [2.45, 2.75) is 6.42 Å². The number of piperidine rings is 1. The van der Waals surface area contributed by atoms with Crippen molar-refractivity contribution in [1.82, 2.24) is 24.3 Å². The summed E-state index contributed by atoms with van der Waals surface area (Å²) in [7, 11) is 6.12. The molecule has 0 bridgehead atoms. The van der Waals surface area contributed by atoms with Crippen LogP contribution in [0.2, 0.25) is 0 Å². The molecule has 3 rings (SSSR count). The number of rotatable bonds is 4. The quantitative estimate of drug-likeness (QED) is 0.806. The van der Waals surface area contributed by atoms with E-state index in [0.29, 0.717) is 17.5 Å². The summed E-state index contributed by atoms with van der Waals surface area (Å²) in [5.41, 5.74) is 0.697. The number of hydrogen-bond donors (Lipinski definition) is 0. The Morgan fingerprint density at radius 1 is 1.32 bits per heavy atom. The highest BCUT2D eigenvalue weighted by Gasteiger charge is 2.39. The number of fused-ring (bicyclic) bond motifs is 1. The van der Waals surface area contributed by atoms with Crippen molar-refractivity contribution in [3.05, 3.63) is 18.2 Å². The zero-order valence-electron chi connectivity index (χ0n) is 13.9. The highest BCUT2D eigenvalue weighted by molar-refractivity contribution is 5.92. The van der Waals surface area contributed by atoms with Crippen LogP contribution in [-0.2, 0) is 7.05 Å². The van der Waals surface area contributed by atoms with Crippen molar-refractivity contribution in [2.75, 3.05) is 53.4 Å². The number of carbonyl (C=O) groups excluding carboxylic acids is 1. The number of aromatic nitrogens is 2. The van der Waals surface area contributed by atoms with Crippen LogP contribution < -0.4 is 0 Å². The van der Waals surface area contributed by atoms with Gasteiger partial charge in [-0.2, -0.15) is 0 Å². The van der Waals surface area contributed by atoms with E-state index in [0.717, 1.165) is 32.7 Å². The van der Waals surface area contributed by atoms with Gasteiger partial charge < -0.3 is 19.3 Å². The monoisotopic (exact) mass is 305 g/mol. The summed E-state index contributed by atoms with van der Waals surface area (Å²) in [5.74, 6) is 1.44. The van der Waals surface area contributed by atoms with Crippen molar-refractivity contribution >= 4 is 5.91 Å². The van der Waals surface area contributed by atoms with E-state index in [2.05, 4.69) is 28.9 Å². The average Bonchev–Trinajstić information content (AvgIpc) is 3.09. The molecule has 3 heterocycles. The van der Waals surface area contributed by atoms with Gasteiger partial charge in [0.1, 0.15) is 5.69 Å². The second kappa shape index (κ2) is 6.38. The van der Waals surface area contributed by atoms with Crippen LogP contribution in [0.5, 0.6) is 0 Å². The molecule has 2 atom stereocenters. The molecular weight excluding hydrogens is 278 g/mol. The average molecular weight is 305 g/mol. The van der Waals surface area contributed by atoms with Gasteiger partial charge in [-0.3, -0.25) is 4.79 Å². The fourth-order valence-electron chi connectivity index (χ4n) is 3.68. The predicted molar refractivity (Wildman–Crippen MR) is 85.7 cm³/mol. The standard InChI is InChI=1S/C16H27N5O/c1-18(2)6-7-20-5-4-13-10-21(11-14(13)9-20)16(22)15-8-17-12-19(15)3/h8,12-14H,4-7,9-11H2,1-3H3/t13-,14+/m1/s1. The van der Waals surface area contributed by atoms with Gasteiger partial charge in [0.25, 0.3) is 5.91 Å². The lowest BCUT2D eigenvalue weighted by Gasteiger charge is -2.34. The summed E-state index contributed by atoms with van der Waals surface area (Å²) < 4.78 is 1.81. The van der Waals surface area contributed by atoms with Crippen LogP contribution in [0.15, 0.2) is 12.5 Å². The molecular formula is C16H27N5O. The number of likely N-dealkylation sites (tertiary alicyclic amines) is 2. The van der Waals surface area contributed by atoms with Gasteiger partial charge in [0.15, 0.2) is 0 Å². The minimum atomic E-state index is 0.134. The van der Waals surface area contributed by atoms with Crippen molar-refractivity contribution in [1.29, 1.82) is 0 Å². The summed E-state index contributed by atoms with van der Waals surface area (Å²) in [6.07, 6.45) is 4.58. The van der Waals surface area contributed by atoms with Crippen molar-refractivity contribution < 1.29 is 4.79 Å². The van der Waals surface area contributed by atoms with Crippen LogP contribution in [0.1, 0.15) is 16.9 Å². The zero-order valence-corrected chi connectivity index (χ0v) is 13.9. The summed E-state index contributed by atoms with van der Waals surface area (Å²) in [6, 6.07) is 0. The van der Waals surface area contributed by atoms with Crippen LogP contribution in [-0.4, -0.2) is 83.5 Å². The number of likely N-dealkylation sites (N-methyl/N-ethyl adjacent to an activating group) is 1. The van der Waals surface area contributed by atoms with E-state index in [9.17, 15) is 4.79 Å². The minimum absolute atomic E-state index is 0.134. The van der Waals surface area contributed by atoms with Gasteiger partial charge in [0.2, 0.25) is 0 Å². The van der Waals surface area contributed by atoms with E-state index in [1.807, 2.05) is 16.5 Å². The maximum absolute atomic E-state index is 12.6. The fraction of sp³-hybridized carbons (Fsp3) is 0.750. The van der Waals surface area contributed by atoms with Gasteiger partial charge in [-0.25, -0.2) is 4.98 Å². The highest BCUT2D eigenvalue weighted by atomic mass is 16.2. The lowest BCUT2D eigenvalue weighted by Crippen LogP contribution is -2.42. The first-order chi connectivity index (χ1) is 10.5. The van der Waals surface area contributed by atoms with Crippen molar-refractivity contribution in [3.63, 3.8) is 0 Å². The van der Waals surface area contributed by atoms with Crippen LogP contribution >= 0.6 is 0 Å². The number of aryl methyl sites for hydroxylation is 1. The zero-order chi connectivity index (χ0) is 15.7. The molecule has 22 heavy (non-hydrogen) atoms. The van der Waals surface area contributed by atoms with E-state index in [1.165, 1.54) is 13.0 Å². The van der Waals surface area contributed by atoms with E-state index >= 15 is 0 Å². The minimum Gasteiger partial charge on any atom is -0.337 e. The molecule has 1 aromatic rings. The Morgan fingerprint density at radius 2 is 2.09 bits per heavy atom. The van der Waals surface area contributed by atoms with Gasteiger partial charge >= 0.3 is 0 Å². The van der Waals surface area contributed by atoms with Gasteiger partial charge in [-0.05, 0) is 38.9 Å². The maximum Gasteiger partial charge on any atom is 0.272 e. The van der Waals surface area contributed by atoms with Crippen LogP contribution in [0.4, 0.5) is 0 Å². The Balaban J connectivity index is 1.58. The van der Waals surface area contributed by atoms with E-state index < -0.39 is 0 Å². The Morgan fingerprint density at radius 3 is 2.77 bits per heavy atom. The molecule has 2 saturated heterocycles. The molecule has 0 radical (unpaired) electrons. The molecule has 0 unspecified atom stereocenters. The molecule has 2 aliphatic heterocycles. The van der Waals surface area contributed by atoms with Gasteiger partial charge in [-0.15, -0.1) is 0 Å². The van der Waals surface area contributed by atoms with Gasteiger partial charge in [0.05, 0.1) is 12.5 Å². The van der Waals surface area contributed by atoms with Crippen LogP contribution in [0.25, 0.3) is 0 Å². The predicted octanol–water partition coefficient (Wildman–Crippen LogP) is 0.376. The molecule has 6 nitrogen and oxygen atoms in total. The number of carbonyl (C=O) groups is 1. The Labute approximate surface area is 132 Å². The Hall–Kier alpha value is -1.40. The molecule has 2 aliphatic rings. The molecule has 0 aliphatic carbocycles. The summed E-state index contributed by atoms with van der Waals surface area (Å²) in [5, 5.41) is 0. The number of nitrogens with zero attached hydrogens (tertiary/aromatic N) is 5. The Kier molecular flexibility index (Phi) is 4.49. The molecule has 1 amide bonds. The van der Waals surface area contributed by atoms with Crippen LogP contribution in [0.3, 0.4) is 0 Å². The maximum atomic E-state index is 12.6. The van der Waals surface area contributed by atoms with E-state index in [1.54, 1.807) is 12.5 Å². The molecule has 0 saturated carbocycles. The molecule has 0 spiro atoms. The number of hydrogen-bond acceptors (Lipinski definition) is 4. The van der Waals surface area contributed by atoms with Crippen molar-refractivity contribution in [2.24, 2.45) is 18.9 Å². The summed E-state index contributed by atoms with van der Waals surface area (Å²) in [4.78, 5) is 23.5. The third-order valence-corrected chi connectivity index (χ3v) is 5.07. The SMILES string of the molecule is CN(C)CCN1CC[C@@H]2CN(C(=O)c3cncn3C)C[C@@H]2C1. The number of amides is 1. The molecule has 0 aromatic carbocycles. The molecule has 1 aromatic heterocycles. The van der Waals surface area contributed by atoms with E-state index in [-0.39, 0.29) is 5.91 Å². The summed E-state index contributed by atoms with van der Waals surface area (Å²) in [6.45, 7) is 6.35. The summed E-state index contributed by atoms with van der Waals surface area (Å²) >= 11 is 0. The molecule has 6 heteroatoms. The normalized spacial score (nSPS) is 25.7. The van der Waals surface area contributed by atoms with Gasteiger partial charge in [-0.1, -0.05) is 0 Å². The number of imidazole rings is 1. The third kappa shape index (κ3) is 3.17. The lowest BCUT2D eigenvalue weighted by atomic mass is 9.89. The van der Waals surface area contributed by atoms with Gasteiger partial charge in [0, 0.05) is 39.8 Å².